The lowest BCUT2D eigenvalue weighted by atomic mass is 10.0. The fraction of sp³-hybridized carbons (Fsp3) is 1.00. The van der Waals surface area contributed by atoms with Crippen LogP contribution in [0.1, 0.15) is 26.2 Å². The van der Waals surface area contributed by atoms with Crippen LogP contribution in [-0.2, 0) is 0 Å². The SMILES string of the molecule is C[C@](O)(CN1CCCCC1)C(F)(F)F. The smallest absolute Gasteiger partial charge is 0.380 e. The van der Waals surface area contributed by atoms with Crippen molar-refractivity contribution in [2.45, 2.75) is 38.0 Å². The van der Waals surface area contributed by atoms with Crippen molar-refractivity contribution in [2.24, 2.45) is 0 Å². The Balaban J connectivity index is 2.49. The Bertz CT molecular complexity index is 185. The van der Waals surface area contributed by atoms with E-state index in [1.807, 2.05) is 0 Å². The quantitative estimate of drug-likeness (QED) is 0.752. The molecule has 0 aromatic heterocycles. The molecule has 0 amide bonds. The summed E-state index contributed by atoms with van der Waals surface area (Å²) in [4.78, 5) is 1.68. The predicted molar refractivity (Wildman–Crippen MR) is 47.0 cm³/mol. The van der Waals surface area contributed by atoms with Gasteiger partial charge >= 0.3 is 6.18 Å². The summed E-state index contributed by atoms with van der Waals surface area (Å²) in [5.74, 6) is 0. The standard InChI is InChI=1S/C9H16F3NO/c1-8(14,9(10,11)12)7-13-5-3-2-4-6-13/h14H,2-7H2,1H3/t8-/m0/s1. The minimum Gasteiger partial charge on any atom is -0.380 e. The van der Waals surface area contributed by atoms with Crippen molar-refractivity contribution < 1.29 is 18.3 Å². The van der Waals surface area contributed by atoms with Crippen LogP contribution in [0.15, 0.2) is 0 Å². The van der Waals surface area contributed by atoms with Crippen molar-refractivity contribution in [1.82, 2.24) is 4.90 Å². The van der Waals surface area contributed by atoms with Gasteiger partial charge in [-0.2, -0.15) is 13.2 Å². The summed E-state index contributed by atoms with van der Waals surface area (Å²) in [6, 6.07) is 0. The normalized spacial score (nSPS) is 24.6. The number of halogens is 3. The molecule has 1 N–H and O–H groups in total. The summed E-state index contributed by atoms with van der Waals surface area (Å²) in [5, 5.41) is 9.24. The molecule has 1 heterocycles. The fourth-order valence-corrected chi connectivity index (χ4v) is 1.64. The van der Waals surface area contributed by atoms with E-state index in [-0.39, 0.29) is 6.54 Å². The van der Waals surface area contributed by atoms with E-state index in [0.29, 0.717) is 13.1 Å². The van der Waals surface area contributed by atoms with Crippen molar-refractivity contribution in [3.05, 3.63) is 0 Å². The molecule has 0 spiro atoms. The number of alkyl halides is 3. The third-order valence-electron chi connectivity index (χ3n) is 2.59. The Morgan fingerprint density at radius 3 is 2.07 bits per heavy atom. The molecule has 1 fully saturated rings. The zero-order chi connectivity index (χ0) is 10.8. The molecule has 1 atom stereocenters. The zero-order valence-electron chi connectivity index (χ0n) is 8.27. The molecule has 2 nitrogen and oxygen atoms in total. The van der Waals surface area contributed by atoms with Gasteiger partial charge in [0.1, 0.15) is 0 Å². The number of piperidine rings is 1. The Hall–Kier alpha value is -0.290. The summed E-state index contributed by atoms with van der Waals surface area (Å²) in [6.45, 7) is 1.84. The average molecular weight is 211 g/mol. The van der Waals surface area contributed by atoms with Gasteiger partial charge in [-0.25, -0.2) is 0 Å². The molecule has 0 aliphatic carbocycles. The van der Waals surface area contributed by atoms with Crippen LogP contribution in [0.4, 0.5) is 13.2 Å². The largest absolute Gasteiger partial charge is 0.418 e. The van der Waals surface area contributed by atoms with Crippen molar-refractivity contribution in [1.29, 1.82) is 0 Å². The molecule has 1 aliphatic rings. The van der Waals surface area contributed by atoms with Gasteiger partial charge in [0.15, 0.2) is 5.60 Å². The molecule has 0 aromatic carbocycles. The van der Waals surface area contributed by atoms with E-state index >= 15 is 0 Å². The minimum atomic E-state index is -4.54. The third-order valence-corrected chi connectivity index (χ3v) is 2.59. The van der Waals surface area contributed by atoms with Crippen LogP contribution in [0.5, 0.6) is 0 Å². The second-order valence-corrected chi connectivity index (χ2v) is 4.11. The first-order valence-corrected chi connectivity index (χ1v) is 4.84. The monoisotopic (exact) mass is 211 g/mol. The zero-order valence-corrected chi connectivity index (χ0v) is 8.27. The highest BCUT2D eigenvalue weighted by Gasteiger charge is 2.50. The van der Waals surface area contributed by atoms with E-state index in [0.717, 1.165) is 26.2 Å². The van der Waals surface area contributed by atoms with Gasteiger partial charge in [0.25, 0.3) is 0 Å². The van der Waals surface area contributed by atoms with E-state index < -0.39 is 11.8 Å². The summed E-state index contributed by atoms with van der Waals surface area (Å²) in [7, 11) is 0. The van der Waals surface area contributed by atoms with Crippen LogP contribution < -0.4 is 0 Å². The highest BCUT2D eigenvalue weighted by atomic mass is 19.4. The van der Waals surface area contributed by atoms with Crippen molar-refractivity contribution in [2.75, 3.05) is 19.6 Å². The Kier molecular flexibility index (Phi) is 3.42. The predicted octanol–water partition coefficient (Wildman–Crippen LogP) is 1.79. The molecule has 0 saturated carbocycles. The molecular weight excluding hydrogens is 195 g/mol. The van der Waals surface area contributed by atoms with Gasteiger partial charge in [-0.1, -0.05) is 6.42 Å². The van der Waals surface area contributed by atoms with Crippen LogP contribution in [-0.4, -0.2) is 41.4 Å². The maximum atomic E-state index is 12.3. The molecule has 84 valence electrons. The Morgan fingerprint density at radius 2 is 1.64 bits per heavy atom. The Labute approximate surface area is 81.7 Å². The second-order valence-electron chi connectivity index (χ2n) is 4.11. The first-order chi connectivity index (χ1) is 6.33. The minimum absolute atomic E-state index is 0.309. The van der Waals surface area contributed by atoms with Gasteiger partial charge in [0.2, 0.25) is 0 Å². The van der Waals surface area contributed by atoms with Crippen LogP contribution in [0, 0.1) is 0 Å². The van der Waals surface area contributed by atoms with E-state index in [2.05, 4.69) is 0 Å². The molecule has 1 saturated heterocycles. The lowest BCUT2D eigenvalue weighted by Gasteiger charge is -2.34. The molecule has 0 bridgehead atoms. The van der Waals surface area contributed by atoms with Crippen LogP contribution >= 0.6 is 0 Å². The van der Waals surface area contributed by atoms with Gasteiger partial charge in [-0.05, 0) is 32.9 Å². The highest BCUT2D eigenvalue weighted by Crippen LogP contribution is 2.31. The molecule has 1 rings (SSSR count). The Morgan fingerprint density at radius 1 is 1.14 bits per heavy atom. The number of hydrogen-bond donors (Lipinski definition) is 1. The number of nitrogens with zero attached hydrogens (tertiary/aromatic N) is 1. The van der Waals surface area contributed by atoms with E-state index in [1.54, 1.807) is 4.90 Å². The van der Waals surface area contributed by atoms with Gasteiger partial charge < -0.3 is 10.0 Å². The summed E-state index contributed by atoms with van der Waals surface area (Å²) < 4.78 is 36.9. The average Bonchev–Trinajstić information content (AvgIpc) is 2.03. The molecular formula is C9H16F3NO. The second kappa shape index (κ2) is 4.06. The molecule has 0 radical (unpaired) electrons. The number of rotatable bonds is 2. The van der Waals surface area contributed by atoms with Crippen LogP contribution in [0.25, 0.3) is 0 Å². The molecule has 0 unspecified atom stereocenters. The number of likely N-dealkylation sites (tertiary alicyclic amines) is 1. The number of β-amino-alcohol motifs (C(OH)–C–C–N with tert-alkyl or cyclic N) is 1. The van der Waals surface area contributed by atoms with Gasteiger partial charge in [0, 0.05) is 6.54 Å². The third kappa shape index (κ3) is 2.85. The van der Waals surface area contributed by atoms with Gasteiger partial charge in [0.05, 0.1) is 0 Å². The molecule has 14 heavy (non-hydrogen) atoms. The van der Waals surface area contributed by atoms with Crippen molar-refractivity contribution in [3.63, 3.8) is 0 Å². The highest BCUT2D eigenvalue weighted by molar-refractivity contribution is 4.85. The number of aliphatic hydroxyl groups is 1. The van der Waals surface area contributed by atoms with E-state index in [1.165, 1.54) is 0 Å². The summed E-state index contributed by atoms with van der Waals surface area (Å²) >= 11 is 0. The first-order valence-electron chi connectivity index (χ1n) is 4.84. The fourth-order valence-electron chi connectivity index (χ4n) is 1.64. The van der Waals surface area contributed by atoms with Crippen molar-refractivity contribution >= 4 is 0 Å². The maximum Gasteiger partial charge on any atom is 0.418 e. The van der Waals surface area contributed by atoms with E-state index in [9.17, 15) is 18.3 Å². The maximum absolute atomic E-state index is 12.3. The van der Waals surface area contributed by atoms with Crippen LogP contribution in [0.2, 0.25) is 0 Å². The summed E-state index contributed by atoms with van der Waals surface area (Å²) in [5.41, 5.74) is -2.58. The number of hydrogen-bond acceptors (Lipinski definition) is 2. The first kappa shape index (κ1) is 11.8. The molecule has 0 aromatic rings. The molecule has 1 aliphatic heterocycles. The topological polar surface area (TPSA) is 23.5 Å². The molecule has 5 heteroatoms. The van der Waals surface area contributed by atoms with Crippen LogP contribution in [0.3, 0.4) is 0 Å². The lowest BCUT2D eigenvalue weighted by molar-refractivity contribution is -0.257. The van der Waals surface area contributed by atoms with Gasteiger partial charge in [-0.3, -0.25) is 0 Å². The van der Waals surface area contributed by atoms with E-state index in [4.69, 9.17) is 0 Å². The van der Waals surface area contributed by atoms with Crippen molar-refractivity contribution in [3.8, 4) is 0 Å². The lowest BCUT2D eigenvalue weighted by Crippen LogP contribution is -2.52. The summed E-state index contributed by atoms with van der Waals surface area (Å²) in [6.07, 6.45) is -1.61. The van der Waals surface area contributed by atoms with Gasteiger partial charge in [-0.15, -0.1) is 0 Å².